The molecule has 0 saturated heterocycles. The Morgan fingerprint density at radius 3 is 2.59 bits per heavy atom. The van der Waals surface area contributed by atoms with Gasteiger partial charge in [-0.05, 0) is 43.2 Å². The second-order valence-corrected chi connectivity index (χ2v) is 5.50. The molecular formula is C15H22OS. The maximum atomic E-state index is 11.5. The number of ketones is 1. The Balaban J connectivity index is 2.81. The third kappa shape index (κ3) is 4.55. The minimum atomic E-state index is 0.179. The molecule has 2 heteroatoms. The summed E-state index contributed by atoms with van der Waals surface area (Å²) in [6.45, 7) is 6.02. The number of carbonyl (C=O) groups excluding carboxylic acids is 1. The number of Topliss-reactive ketones (excluding diaryl/α,β-unsaturated/α-hetero) is 1. The lowest BCUT2D eigenvalue weighted by atomic mass is 10.0. The highest BCUT2D eigenvalue weighted by Crippen LogP contribution is 2.24. The van der Waals surface area contributed by atoms with Crippen molar-refractivity contribution in [3.05, 3.63) is 29.3 Å². The molecule has 94 valence electrons. The van der Waals surface area contributed by atoms with Gasteiger partial charge in [-0.15, -0.1) is 11.8 Å². The van der Waals surface area contributed by atoms with Gasteiger partial charge in [-0.1, -0.05) is 32.8 Å². The van der Waals surface area contributed by atoms with Crippen LogP contribution in [0, 0.1) is 0 Å². The van der Waals surface area contributed by atoms with E-state index < -0.39 is 0 Å². The van der Waals surface area contributed by atoms with E-state index in [1.807, 2.05) is 17.8 Å². The fraction of sp³-hybridized carbons (Fsp3) is 0.533. The molecule has 0 aromatic heterocycles. The SMILES string of the molecule is CCCCSc1ccc(C(C)=O)c(CCC)c1. The fourth-order valence-electron chi connectivity index (χ4n) is 1.81. The van der Waals surface area contributed by atoms with Gasteiger partial charge in [0.15, 0.2) is 5.78 Å². The third-order valence-corrected chi connectivity index (χ3v) is 3.82. The quantitative estimate of drug-likeness (QED) is 0.395. The summed E-state index contributed by atoms with van der Waals surface area (Å²) < 4.78 is 0. The van der Waals surface area contributed by atoms with Crippen LogP contribution in [0.1, 0.15) is 56.0 Å². The van der Waals surface area contributed by atoms with E-state index >= 15 is 0 Å². The molecule has 0 fully saturated rings. The van der Waals surface area contributed by atoms with Crippen LogP contribution < -0.4 is 0 Å². The van der Waals surface area contributed by atoms with E-state index in [-0.39, 0.29) is 5.78 Å². The van der Waals surface area contributed by atoms with Gasteiger partial charge >= 0.3 is 0 Å². The standard InChI is InChI=1S/C15H22OS/c1-4-6-10-17-14-8-9-15(12(3)16)13(11-14)7-5-2/h8-9,11H,4-7,10H2,1-3H3. The van der Waals surface area contributed by atoms with E-state index in [1.54, 1.807) is 6.92 Å². The normalized spacial score (nSPS) is 10.5. The van der Waals surface area contributed by atoms with Crippen molar-refractivity contribution in [2.75, 3.05) is 5.75 Å². The van der Waals surface area contributed by atoms with Crippen molar-refractivity contribution in [2.45, 2.75) is 51.3 Å². The molecule has 0 amide bonds. The van der Waals surface area contributed by atoms with Crippen LogP contribution in [0.4, 0.5) is 0 Å². The second kappa shape index (κ2) is 7.54. The lowest BCUT2D eigenvalue weighted by Gasteiger charge is -2.08. The Morgan fingerprint density at radius 2 is 2.00 bits per heavy atom. The Hall–Kier alpha value is -0.760. The summed E-state index contributed by atoms with van der Waals surface area (Å²) in [5, 5.41) is 0. The molecule has 1 aromatic rings. The van der Waals surface area contributed by atoms with Gasteiger partial charge in [0.2, 0.25) is 0 Å². The Labute approximate surface area is 109 Å². The first-order chi connectivity index (χ1) is 8.19. The number of benzene rings is 1. The zero-order valence-electron chi connectivity index (χ0n) is 11.1. The number of aryl methyl sites for hydroxylation is 1. The van der Waals surface area contributed by atoms with Crippen LogP contribution in [0.5, 0.6) is 0 Å². The van der Waals surface area contributed by atoms with Gasteiger partial charge in [0, 0.05) is 10.5 Å². The molecule has 0 atom stereocenters. The van der Waals surface area contributed by atoms with Crippen LogP contribution in [0.2, 0.25) is 0 Å². The van der Waals surface area contributed by atoms with Crippen molar-refractivity contribution in [1.29, 1.82) is 0 Å². The molecular weight excluding hydrogens is 228 g/mol. The van der Waals surface area contributed by atoms with E-state index in [4.69, 9.17) is 0 Å². The summed E-state index contributed by atoms with van der Waals surface area (Å²) in [6, 6.07) is 6.26. The molecule has 0 heterocycles. The lowest BCUT2D eigenvalue weighted by Crippen LogP contribution is -1.99. The van der Waals surface area contributed by atoms with E-state index in [9.17, 15) is 4.79 Å². The molecule has 0 aliphatic carbocycles. The molecule has 0 unspecified atom stereocenters. The molecule has 1 rings (SSSR count). The van der Waals surface area contributed by atoms with Gasteiger partial charge in [0.1, 0.15) is 0 Å². The predicted octanol–water partition coefficient (Wildman–Crippen LogP) is 4.73. The van der Waals surface area contributed by atoms with Crippen molar-refractivity contribution in [3.8, 4) is 0 Å². The van der Waals surface area contributed by atoms with E-state index in [2.05, 4.69) is 26.0 Å². The molecule has 0 spiro atoms. The summed E-state index contributed by atoms with van der Waals surface area (Å²) in [7, 11) is 0. The minimum absolute atomic E-state index is 0.179. The largest absolute Gasteiger partial charge is 0.295 e. The van der Waals surface area contributed by atoms with Crippen molar-refractivity contribution in [2.24, 2.45) is 0 Å². The highest BCUT2D eigenvalue weighted by Gasteiger charge is 2.07. The molecule has 0 aliphatic heterocycles. The zero-order chi connectivity index (χ0) is 12.7. The number of unbranched alkanes of at least 4 members (excludes halogenated alkanes) is 1. The van der Waals surface area contributed by atoms with Crippen LogP contribution in [-0.2, 0) is 6.42 Å². The number of carbonyl (C=O) groups is 1. The predicted molar refractivity (Wildman–Crippen MR) is 76.1 cm³/mol. The number of rotatable bonds is 7. The molecule has 0 saturated carbocycles. The summed E-state index contributed by atoms with van der Waals surface area (Å²) in [5.74, 6) is 1.35. The van der Waals surface area contributed by atoms with Crippen molar-refractivity contribution >= 4 is 17.5 Å². The maximum Gasteiger partial charge on any atom is 0.160 e. The summed E-state index contributed by atoms with van der Waals surface area (Å²) in [6.07, 6.45) is 4.57. The van der Waals surface area contributed by atoms with Crippen LogP contribution in [0.15, 0.2) is 23.1 Å². The highest BCUT2D eigenvalue weighted by atomic mass is 32.2. The van der Waals surface area contributed by atoms with E-state index in [0.29, 0.717) is 0 Å². The Morgan fingerprint density at radius 1 is 1.24 bits per heavy atom. The monoisotopic (exact) mass is 250 g/mol. The van der Waals surface area contributed by atoms with Gasteiger partial charge in [0.25, 0.3) is 0 Å². The third-order valence-electron chi connectivity index (χ3n) is 2.74. The van der Waals surface area contributed by atoms with Gasteiger partial charge in [-0.25, -0.2) is 0 Å². The molecule has 0 radical (unpaired) electrons. The smallest absolute Gasteiger partial charge is 0.160 e. The molecule has 1 aromatic carbocycles. The van der Waals surface area contributed by atoms with Crippen molar-refractivity contribution in [1.82, 2.24) is 0 Å². The first kappa shape index (κ1) is 14.3. The summed E-state index contributed by atoms with van der Waals surface area (Å²) >= 11 is 1.89. The van der Waals surface area contributed by atoms with Crippen LogP contribution >= 0.6 is 11.8 Å². The average Bonchev–Trinajstić information content (AvgIpc) is 2.30. The molecule has 1 nitrogen and oxygen atoms in total. The highest BCUT2D eigenvalue weighted by molar-refractivity contribution is 7.99. The Kier molecular flexibility index (Phi) is 6.35. The summed E-state index contributed by atoms with van der Waals surface area (Å²) in [5.41, 5.74) is 2.10. The number of thioether (sulfide) groups is 1. The average molecular weight is 250 g/mol. The van der Waals surface area contributed by atoms with E-state index in [1.165, 1.54) is 29.1 Å². The molecule has 0 aliphatic rings. The van der Waals surface area contributed by atoms with Crippen molar-refractivity contribution in [3.63, 3.8) is 0 Å². The van der Waals surface area contributed by atoms with Crippen LogP contribution in [-0.4, -0.2) is 11.5 Å². The van der Waals surface area contributed by atoms with Crippen molar-refractivity contribution < 1.29 is 4.79 Å². The zero-order valence-corrected chi connectivity index (χ0v) is 11.9. The van der Waals surface area contributed by atoms with E-state index in [0.717, 1.165) is 18.4 Å². The Bertz CT molecular complexity index is 371. The maximum absolute atomic E-state index is 11.5. The molecule has 0 N–H and O–H groups in total. The van der Waals surface area contributed by atoms with Gasteiger partial charge in [0.05, 0.1) is 0 Å². The molecule has 17 heavy (non-hydrogen) atoms. The van der Waals surface area contributed by atoms with Gasteiger partial charge in [-0.2, -0.15) is 0 Å². The topological polar surface area (TPSA) is 17.1 Å². The van der Waals surface area contributed by atoms with Gasteiger partial charge in [-0.3, -0.25) is 4.79 Å². The second-order valence-electron chi connectivity index (χ2n) is 4.33. The first-order valence-electron chi connectivity index (χ1n) is 6.45. The fourth-order valence-corrected chi connectivity index (χ4v) is 2.87. The lowest BCUT2D eigenvalue weighted by molar-refractivity contribution is 0.101. The summed E-state index contributed by atoms with van der Waals surface area (Å²) in [4.78, 5) is 12.8. The number of hydrogen-bond donors (Lipinski definition) is 0. The van der Waals surface area contributed by atoms with Crippen LogP contribution in [0.3, 0.4) is 0 Å². The van der Waals surface area contributed by atoms with Gasteiger partial charge < -0.3 is 0 Å². The number of hydrogen-bond acceptors (Lipinski definition) is 2. The molecule has 0 bridgehead atoms. The minimum Gasteiger partial charge on any atom is -0.295 e. The van der Waals surface area contributed by atoms with Crippen LogP contribution in [0.25, 0.3) is 0 Å². The first-order valence-corrected chi connectivity index (χ1v) is 7.44.